The second-order valence-corrected chi connectivity index (χ2v) is 4.38. The van der Waals surface area contributed by atoms with Crippen LogP contribution >= 0.6 is 15.9 Å². The molecule has 0 fully saturated rings. The number of methoxy groups -OCH3 is 1. The molecule has 6 nitrogen and oxygen atoms in total. The lowest BCUT2D eigenvalue weighted by Crippen LogP contribution is -2.19. The zero-order valence-corrected chi connectivity index (χ0v) is 11.4. The van der Waals surface area contributed by atoms with Crippen LogP contribution in [-0.2, 0) is 9.53 Å². The summed E-state index contributed by atoms with van der Waals surface area (Å²) < 4.78 is 5.59. The molecular weight excluding hydrogens is 302 g/mol. The lowest BCUT2D eigenvalue weighted by atomic mass is 10.1. The highest BCUT2D eigenvalue weighted by Crippen LogP contribution is 2.21. The van der Waals surface area contributed by atoms with Crippen LogP contribution in [0.4, 0.5) is 5.69 Å². The molecule has 0 bridgehead atoms. The first-order valence-corrected chi connectivity index (χ1v) is 5.94. The van der Waals surface area contributed by atoms with E-state index in [0.29, 0.717) is 17.9 Å². The Labute approximate surface area is 113 Å². The molecule has 0 radical (unpaired) electrons. The summed E-state index contributed by atoms with van der Waals surface area (Å²) in [7, 11) is 1.52. The van der Waals surface area contributed by atoms with Gasteiger partial charge in [0.05, 0.1) is 18.7 Å². The van der Waals surface area contributed by atoms with Crippen LogP contribution in [0.15, 0.2) is 27.8 Å². The quantitative estimate of drug-likeness (QED) is 0.332. The van der Waals surface area contributed by atoms with E-state index in [1.807, 2.05) is 0 Å². The van der Waals surface area contributed by atoms with Gasteiger partial charge in [-0.3, -0.25) is 4.79 Å². The number of nitrogens with one attached hydrogen (secondary N) is 1. The number of hydrogen-bond donors (Lipinski definition) is 3. The van der Waals surface area contributed by atoms with Crippen molar-refractivity contribution in [3.05, 3.63) is 28.2 Å². The molecule has 0 aliphatic carbocycles. The van der Waals surface area contributed by atoms with E-state index in [2.05, 4.69) is 26.4 Å². The fourth-order valence-electron chi connectivity index (χ4n) is 1.30. The predicted octanol–water partition coefficient (Wildman–Crippen LogP) is 1.52. The Bertz CT molecular complexity index is 463. The maximum absolute atomic E-state index is 11.6. The molecule has 0 aliphatic heterocycles. The van der Waals surface area contributed by atoms with Crippen molar-refractivity contribution in [1.29, 1.82) is 0 Å². The number of oxime groups is 1. The number of rotatable bonds is 5. The van der Waals surface area contributed by atoms with Crippen molar-refractivity contribution in [3.63, 3.8) is 0 Å². The van der Waals surface area contributed by atoms with Crippen LogP contribution in [0.1, 0.15) is 12.0 Å². The van der Waals surface area contributed by atoms with Crippen molar-refractivity contribution in [2.75, 3.05) is 19.0 Å². The summed E-state index contributed by atoms with van der Waals surface area (Å²) in [6.07, 6.45) is 0.235. The summed E-state index contributed by atoms with van der Waals surface area (Å²) in [4.78, 5) is 11.6. The van der Waals surface area contributed by atoms with Crippen molar-refractivity contribution in [3.8, 4) is 0 Å². The SMILES string of the molecule is COCCC(=O)Nc1cc(Br)ccc1/C(N)=N/O. The van der Waals surface area contributed by atoms with Gasteiger partial charge in [-0.2, -0.15) is 0 Å². The number of amides is 1. The molecule has 1 aromatic rings. The molecule has 1 rings (SSSR count). The molecule has 7 heteroatoms. The summed E-state index contributed by atoms with van der Waals surface area (Å²) in [5, 5.41) is 14.3. The highest BCUT2D eigenvalue weighted by Gasteiger charge is 2.10. The van der Waals surface area contributed by atoms with Crippen molar-refractivity contribution in [1.82, 2.24) is 0 Å². The topological polar surface area (TPSA) is 96.9 Å². The third kappa shape index (κ3) is 4.01. The summed E-state index contributed by atoms with van der Waals surface area (Å²) in [6, 6.07) is 5.06. The molecular formula is C11H14BrN3O3. The molecule has 0 unspecified atom stereocenters. The molecule has 1 amide bonds. The minimum atomic E-state index is -0.207. The number of carbonyl (C=O) groups excluding carboxylic acids is 1. The molecule has 98 valence electrons. The highest BCUT2D eigenvalue weighted by atomic mass is 79.9. The molecule has 18 heavy (non-hydrogen) atoms. The second kappa shape index (κ2) is 6.97. The van der Waals surface area contributed by atoms with Crippen LogP contribution < -0.4 is 11.1 Å². The van der Waals surface area contributed by atoms with E-state index in [-0.39, 0.29) is 18.2 Å². The number of ether oxygens (including phenoxy) is 1. The standard InChI is InChI=1S/C11H14BrN3O3/c1-18-5-4-10(16)14-9-6-7(12)2-3-8(9)11(13)15-17/h2-3,6,17H,4-5H2,1H3,(H2,13,15)(H,14,16). The van der Waals surface area contributed by atoms with Gasteiger partial charge in [0.1, 0.15) is 0 Å². The van der Waals surface area contributed by atoms with Gasteiger partial charge in [0, 0.05) is 17.1 Å². The summed E-state index contributed by atoms with van der Waals surface area (Å²) in [5.74, 6) is -0.272. The molecule has 0 saturated heterocycles. The van der Waals surface area contributed by atoms with Crippen molar-refractivity contribution in [2.24, 2.45) is 10.9 Å². The van der Waals surface area contributed by atoms with Crippen LogP contribution in [0.5, 0.6) is 0 Å². The fourth-order valence-corrected chi connectivity index (χ4v) is 1.67. The Kier molecular flexibility index (Phi) is 5.60. The van der Waals surface area contributed by atoms with Crippen LogP contribution in [0.2, 0.25) is 0 Å². The number of anilines is 1. The first-order valence-electron chi connectivity index (χ1n) is 5.14. The summed E-state index contributed by atoms with van der Waals surface area (Å²) in [6.45, 7) is 0.332. The Balaban J connectivity index is 2.92. The molecule has 4 N–H and O–H groups in total. The van der Waals surface area contributed by atoms with E-state index in [0.717, 1.165) is 4.47 Å². The number of halogens is 1. The minimum absolute atomic E-state index is 0.0652. The Morgan fingerprint density at radius 1 is 1.61 bits per heavy atom. The first-order chi connectivity index (χ1) is 8.58. The van der Waals surface area contributed by atoms with Crippen LogP contribution in [0.3, 0.4) is 0 Å². The van der Waals surface area contributed by atoms with Gasteiger partial charge < -0.3 is 21.0 Å². The average Bonchev–Trinajstić information content (AvgIpc) is 2.35. The van der Waals surface area contributed by atoms with Gasteiger partial charge in [0.15, 0.2) is 5.84 Å². The van der Waals surface area contributed by atoms with Crippen molar-refractivity contribution < 1.29 is 14.7 Å². The Morgan fingerprint density at radius 2 is 2.33 bits per heavy atom. The zero-order valence-electron chi connectivity index (χ0n) is 9.81. The molecule has 0 atom stereocenters. The van der Waals surface area contributed by atoms with Crippen molar-refractivity contribution in [2.45, 2.75) is 6.42 Å². The van der Waals surface area contributed by atoms with E-state index in [4.69, 9.17) is 15.7 Å². The number of nitrogens with zero attached hydrogens (tertiary/aromatic N) is 1. The van der Waals surface area contributed by atoms with Gasteiger partial charge >= 0.3 is 0 Å². The summed E-state index contributed by atoms with van der Waals surface area (Å²) >= 11 is 3.29. The van der Waals surface area contributed by atoms with Gasteiger partial charge in [-0.25, -0.2) is 0 Å². The molecule has 1 aromatic carbocycles. The van der Waals surface area contributed by atoms with Crippen LogP contribution in [0, 0.1) is 0 Å². The van der Waals surface area contributed by atoms with E-state index in [1.165, 1.54) is 7.11 Å². The average molecular weight is 316 g/mol. The highest BCUT2D eigenvalue weighted by molar-refractivity contribution is 9.10. The normalized spacial score (nSPS) is 11.3. The van der Waals surface area contributed by atoms with Gasteiger partial charge in [0.25, 0.3) is 0 Å². The lowest BCUT2D eigenvalue weighted by molar-refractivity contribution is -0.117. The molecule has 0 aliphatic rings. The fraction of sp³-hybridized carbons (Fsp3) is 0.273. The van der Waals surface area contributed by atoms with Crippen LogP contribution in [0.25, 0.3) is 0 Å². The van der Waals surface area contributed by atoms with Crippen LogP contribution in [-0.4, -0.2) is 30.7 Å². The molecule has 0 spiro atoms. The van der Waals surface area contributed by atoms with E-state index >= 15 is 0 Å². The Morgan fingerprint density at radius 3 is 2.94 bits per heavy atom. The van der Waals surface area contributed by atoms with Gasteiger partial charge in [-0.15, -0.1) is 0 Å². The molecule has 0 aromatic heterocycles. The van der Waals surface area contributed by atoms with E-state index < -0.39 is 0 Å². The predicted molar refractivity (Wildman–Crippen MR) is 71.8 cm³/mol. The largest absolute Gasteiger partial charge is 0.409 e. The number of amidine groups is 1. The third-order valence-electron chi connectivity index (χ3n) is 2.17. The van der Waals surface area contributed by atoms with Gasteiger partial charge in [-0.1, -0.05) is 21.1 Å². The zero-order chi connectivity index (χ0) is 13.5. The molecule has 0 saturated carbocycles. The smallest absolute Gasteiger partial charge is 0.226 e. The maximum atomic E-state index is 11.6. The number of benzene rings is 1. The third-order valence-corrected chi connectivity index (χ3v) is 2.67. The Hall–Kier alpha value is -1.60. The van der Waals surface area contributed by atoms with E-state index in [9.17, 15) is 4.79 Å². The van der Waals surface area contributed by atoms with Gasteiger partial charge in [0.2, 0.25) is 5.91 Å². The molecule has 0 heterocycles. The second-order valence-electron chi connectivity index (χ2n) is 3.47. The number of carbonyl (C=O) groups is 1. The van der Waals surface area contributed by atoms with E-state index in [1.54, 1.807) is 18.2 Å². The lowest BCUT2D eigenvalue weighted by Gasteiger charge is -2.10. The van der Waals surface area contributed by atoms with Crippen molar-refractivity contribution >= 4 is 33.4 Å². The first kappa shape index (κ1) is 14.5. The summed E-state index contributed by atoms with van der Waals surface area (Å²) in [5.41, 5.74) is 6.45. The monoisotopic (exact) mass is 315 g/mol. The maximum Gasteiger partial charge on any atom is 0.226 e. The number of nitrogens with two attached hydrogens (primary N) is 1. The van der Waals surface area contributed by atoms with Gasteiger partial charge in [-0.05, 0) is 18.2 Å². The minimum Gasteiger partial charge on any atom is -0.409 e. The number of hydrogen-bond acceptors (Lipinski definition) is 4.